The number of amides is 2. The van der Waals surface area contributed by atoms with E-state index < -0.39 is 0 Å². The molecule has 1 aromatic heterocycles. The van der Waals surface area contributed by atoms with Crippen molar-refractivity contribution in [3.63, 3.8) is 0 Å². The molecule has 128 valence electrons. The fourth-order valence-electron chi connectivity index (χ4n) is 2.76. The van der Waals surface area contributed by atoms with E-state index in [4.69, 9.17) is 9.47 Å². The van der Waals surface area contributed by atoms with Gasteiger partial charge in [-0.1, -0.05) is 18.2 Å². The van der Waals surface area contributed by atoms with Gasteiger partial charge in [0.05, 0.1) is 19.8 Å². The molecule has 1 fully saturated rings. The van der Waals surface area contributed by atoms with Crippen molar-refractivity contribution in [2.45, 2.75) is 12.5 Å². The molecule has 0 aliphatic carbocycles. The molecular weight excluding hydrogens is 324 g/mol. The van der Waals surface area contributed by atoms with E-state index >= 15 is 0 Å². The number of carbonyl (C=O) groups is 1. The SMILES string of the molecule is COCCc1ccccc1NC(=O)N1CCO[C@H](c2ccsc2)C1. The second-order valence-electron chi connectivity index (χ2n) is 5.69. The standard InChI is InChI=1S/C18H22N2O3S/c1-22-9-6-14-4-2-3-5-16(14)19-18(21)20-8-10-23-17(12-20)15-7-11-24-13-15/h2-5,7,11,13,17H,6,8-10,12H2,1H3,(H,19,21)/t17-/m0/s1. The summed E-state index contributed by atoms with van der Waals surface area (Å²) in [5.41, 5.74) is 3.06. The van der Waals surface area contributed by atoms with Crippen LogP contribution in [0.4, 0.5) is 10.5 Å². The Labute approximate surface area is 146 Å². The molecule has 24 heavy (non-hydrogen) atoms. The average molecular weight is 346 g/mol. The molecule has 2 aromatic rings. The minimum Gasteiger partial charge on any atom is -0.384 e. The Morgan fingerprint density at radius 1 is 1.42 bits per heavy atom. The largest absolute Gasteiger partial charge is 0.384 e. The first kappa shape index (κ1) is 17.0. The maximum atomic E-state index is 12.6. The number of methoxy groups -OCH3 is 1. The summed E-state index contributed by atoms with van der Waals surface area (Å²) in [5, 5.41) is 7.14. The summed E-state index contributed by atoms with van der Waals surface area (Å²) in [6.45, 7) is 2.36. The number of hydrogen-bond donors (Lipinski definition) is 1. The van der Waals surface area contributed by atoms with Crippen molar-refractivity contribution >= 4 is 23.1 Å². The fourth-order valence-corrected chi connectivity index (χ4v) is 3.46. The first-order valence-corrected chi connectivity index (χ1v) is 8.98. The molecule has 6 heteroatoms. The first-order valence-electron chi connectivity index (χ1n) is 8.04. The lowest BCUT2D eigenvalue weighted by Gasteiger charge is -2.33. The van der Waals surface area contributed by atoms with Gasteiger partial charge in [-0.25, -0.2) is 4.79 Å². The lowest BCUT2D eigenvalue weighted by molar-refractivity contribution is -0.0132. The van der Waals surface area contributed by atoms with E-state index in [-0.39, 0.29) is 12.1 Å². The molecule has 1 aliphatic rings. The number of rotatable bonds is 5. The van der Waals surface area contributed by atoms with E-state index in [0.717, 1.165) is 23.2 Å². The summed E-state index contributed by atoms with van der Waals surface area (Å²) in [6.07, 6.45) is 0.729. The summed E-state index contributed by atoms with van der Waals surface area (Å²) in [4.78, 5) is 14.5. The van der Waals surface area contributed by atoms with E-state index in [1.807, 2.05) is 34.5 Å². The van der Waals surface area contributed by atoms with Gasteiger partial charge in [-0.3, -0.25) is 0 Å². The predicted octanol–water partition coefficient (Wildman–Crippen LogP) is 3.54. The van der Waals surface area contributed by atoms with Crippen molar-refractivity contribution < 1.29 is 14.3 Å². The number of thiophene rings is 1. The van der Waals surface area contributed by atoms with Crippen LogP contribution in [0.15, 0.2) is 41.1 Å². The van der Waals surface area contributed by atoms with Gasteiger partial charge < -0.3 is 19.7 Å². The number of morpholine rings is 1. The van der Waals surface area contributed by atoms with Crippen molar-refractivity contribution in [3.8, 4) is 0 Å². The number of benzene rings is 1. The van der Waals surface area contributed by atoms with Crippen LogP contribution in [0.5, 0.6) is 0 Å². The maximum Gasteiger partial charge on any atom is 0.322 e. The molecule has 0 saturated carbocycles. The maximum absolute atomic E-state index is 12.6. The topological polar surface area (TPSA) is 50.8 Å². The molecule has 0 radical (unpaired) electrons. The number of nitrogens with one attached hydrogen (secondary N) is 1. The number of urea groups is 1. The lowest BCUT2D eigenvalue weighted by Crippen LogP contribution is -2.44. The molecule has 1 atom stereocenters. The fraction of sp³-hybridized carbons (Fsp3) is 0.389. The Kier molecular flexibility index (Phi) is 5.85. The second kappa shape index (κ2) is 8.28. The number of para-hydroxylation sites is 1. The Morgan fingerprint density at radius 3 is 3.08 bits per heavy atom. The van der Waals surface area contributed by atoms with Gasteiger partial charge in [-0.05, 0) is 40.4 Å². The zero-order valence-corrected chi connectivity index (χ0v) is 14.6. The summed E-state index contributed by atoms with van der Waals surface area (Å²) in [5.74, 6) is 0. The van der Waals surface area contributed by atoms with E-state index in [1.165, 1.54) is 0 Å². The Balaban J connectivity index is 1.64. The summed E-state index contributed by atoms with van der Waals surface area (Å²) < 4.78 is 10.9. The van der Waals surface area contributed by atoms with Crippen LogP contribution < -0.4 is 5.32 Å². The van der Waals surface area contributed by atoms with Crippen LogP contribution in [-0.4, -0.2) is 44.3 Å². The number of nitrogens with zero attached hydrogens (tertiary/aromatic N) is 1. The Hall–Kier alpha value is -1.89. The normalized spacial score (nSPS) is 17.7. The van der Waals surface area contributed by atoms with Crippen molar-refractivity contribution in [1.29, 1.82) is 0 Å². The molecule has 1 N–H and O–H groups in total. The molecule has 2 heterocycles. The van der Waals surface area contributed by atoms with Gasteiger partial charge in [0.25, 0.3) is 0 Å². The van der Waals surface area contributed by atoms with Crippen LogP contribution in [0.25, 0.3) is 0 Å². The van der Waals surface area contributed by atoms with Crippen molar-refractivity contribution in [3.05, 3.63) is 52.2 Å². The van der Waals surface area contributed by atoms with Gasteiger partial charge in [0, 0.05) is 19.3 Å². The minimum absolute atomic E-state index is 0.0421. The molecular formula is C18H22N2O3S. The summed E-state index contributed by atoms with van der Waals surface area (Å²) >= 11 is 1.64. The number of hydrogen-bond acceptors (Lipinski definition) is 4. The second-order valence-corrected chi connectivity index (χ2v) is 6.47. The smallest absolute Gasteiger partial charge is 0.322 e. The molecule has 1 aromatic carbocycles. The van der Waals surface area contributed by atoms with Crippen LogP contribution in [0, 0.1) is 0 Å². The Morgan fingerprint density at radius 2 is 2.29 bits per heavy atom. The van der Waals surface area contributed by atoms with Crippen LogP contribution in [0.3, 0.4) is 0 Å². The first-order chi connectivity index (χ1) is 11.8. The van der Waals surface area contributed by atoms with E-state index in [2.05, 4.69) is 16.8 Å². The van der Waals surface area contributed by atoms with Gasteiger partial charge in [0.15, 0.2) is 0 Å². The Bertz CT molecular complexity index is 660. The van der Waals surface area contributed by atoms with Gasteiger partial charge in [0.2, 0.25) is 0 Å². The van der Waals surface area contributed by atoms with Crippen LogP contribution >= 0.6 is 11.3 Å². The van der Waals surface area contributed by atoms with Crippen LogP contribution in [0.2, 0.25) is 0 Å². The van der Waals surface area contributed by atoms with Gasteiger partial charge in [-0.2, -0.15) is 11.3 Å². The van der Waals surface area contributed by atoms with Gasteiger partial charge in [-0.15, -0.1) is 0 Å². The third kappa shape index (κ3) is 4.14. The monoisotopic (exact) mass is 346 g/mol. The number of anilines is 1. The van der Waals surface area contributed by atoms with E-state index in [1.54, 1.807) is 18.4 Å². The zero-order chi connectivity index (χ0) is 16.8. The van der Waals surface area contributed by atoms with Crippen molar-refractivity contribution in [1.82, 2.24) is 4.90 Å². The lowest BCUT2D eigenvalue weighted by atomic mass is 10.1. The van der Waals surface area contributed by atoms with Crippen molar-refractivity contribution in [2.75, 3.05) is 38.7 Å². The highest BCUT2D eigenvalue weighted by atomic mass is 32.1. The quantitative estimate of drug-likeness (QED) is 0.901. The summed E-state index contributed by atoms with van der Waals surface area (Å²) in [7, 11) is 1.68. The summed E-state index contributed by atoms with van der Waals surface area (Å²) in [6, 6.07) is 9.82. The van der Waals surface area contributed by atoms with Crippen LogP contribution in [0.1, 0.15) is 17.2 Å². The minimum atomic E-state index is -0.0802. The number of carbonyl (C=O) groups excluding carboxylic acids is 1. The third-order valence-electron chi connectivity index (χ3n) is 4.10. The van der Waals surface area contributed by atoms with Crippen molar-refractivity contribution in [2.24, 2.45) is 0 Å². The van der Waals surface area contributed by atoms with Gasteiger partial charge >= 0.3 is 6.03 Å². The van der Waals surface area contributed by atoms with E-state index in [0.29, 0.717) is 26.3 Å². The molecule has 1 saturated heterocycles. The van der Waals surface area contributed by atoms with Gasteiger partial charge in [0.1, 0.15) is 6.10 Å². The highest BCUT2D eigenvalue weighted by Gasteiger charge is 2.26. The highest BCUT2D eigenvalue weighted by molar-refractivity contribution is 7.07. The third-order valence-corrected chi connectivity index (χ3v) is 4.80. The molecule has 2 amide bonds. The average Bonchev–Trinajstić information content (AvgIpc) is 3.16. The zero-order valence-electron chi connectivity index (χ0n) is 13.7. The molecule has 3 rings (SSSR count). The molecule has 1 aliphatic heterocycles. The predicted molar refractivity (Wildman–Crippen MR) is 95.6 cm³/mol. The number of ether oxygens (including phenoxy) is 2. The van der Waals surface area contributed by atoms with Crippen LogP contribution in [-0.2, 0) is 15.9 Å². The highest BCUT2D eigenvalue weighted by Crippen LogP contribution is 2.25. The van der Waals surface area contributed by atoms with E-state index in [9.17, 15) is 4.79 Å². The molecule has 0 spiro atoms. The molecule has 0 unspecified atom stereocenters. The molecule has 0 bridgehead atoms. The molecule has 5 nitrogen and oxygen atoms in total.